The number of carbonyl (C=O) groups is 1. The third-order valence-electron chi connectivity index (χ3n) is 4.84. The lowest BCUT2D eigenvalue weighted by Gasteiger charge is -2.40. The second-order valence-corrected chi connectivity index (χ2v) is 6.43. The molecule has 2 atom stereocenters. The third kappa shape index (κ3) is 2.67. The largest absolute Gasteiger partial charge is 0.378 e. The number of fused-ring (bicyclic) bond motifs is 1. The van der Waals surface area contributed by atoms with Gasteiger partial charge in [0, 0.05) is 37.7 Å². The van der Waals surface area contributed by atoms with Crippen LogP contribution in [-0.4, -0.2) is 46.6 Å². The van der Waals surface area contributed by atoms with Crippen LogP contribution in [0.15, 0.2) is 12.3 Å². The monoisotopic (exact) mass is 287 g/mol. The first-order valence-corrected chi connectivity index (χ1v) is 8.05. The Kier molecular flexibility index (Phi) is 3.37. The standard InChI is InChI=1S/C16H21N3O2/c20-16(13-5-7-17-15(18-13)11-3-4-11)19-8-6-14-12(10-19)2-1-9-21-14/h5,7,11-12,14H,1-4,6,8-10H2/t12-,14-/m0/s1. The third-order valence-corrected chi connectivity index (χ3v) is 4.84. The van der Waals surface area contributed by atoms with Crippen molar-refractivity contribution in [2.75, 3.05) is 19.7 Å². The summed E-state index contributed by atoms with van der Waals surface area (Å²) in [5.41, 5.74) is 0.557. The first-order valence-electron chi connectivity index (χ1n) is 8.05. The number of aromatic nitrogens is 2. The topological polar surface area (TPSA) is 55.3 Å². The molecule has 1 amide bonds. The van der Waals surface area contributed by atoms with Gasteiger partial charge in [0.25, 0.3) is 5.91 Å². The van der Waals surface area contributed by atoms with E-state index in [9.17, 15) is 4.79 Å². The molecule has 1 aromatic heterocycles. The summed E-state index contributed by atoms with van der Waals surface area (Å²) in [6.07, 6.45) is 7.63. The van der Waals surface area contributed by atoms with Crippen LogP contribution in [-0.2, 0) is 4.74 Å². The van der Waals surface area contributed by atoms with E-state index >= 15 is 0 Å². The van der Waals surface area contributed by atoms with E-state index in [0.29, 0.717) is 23.6 Å². The zero-order valence-corrected chi connectivity index (χ0v) is 12.2. The average molecular weight is 287 g/mol. The molecule has 5 nitrogen and oxygen atoms in total. The maximum absolute atomic E-state index is 12.7. The molecular formula is C16H21N3O2. The molecule has 5 heteroatoms. The van der Waals surface area contributed by atoms with Crippen LogP contribution in [0, 0.1) is 5.92 Å². The van der Waals surface area contributed by atoms with E-state index < -0.39 is 0 Å². The second kappa shape index (κ2) is 5.37. The molecule has 3 aliphatic rings. The van der Waals surface area contributed by atoms with Gasteiger partial charge in [0.05, 0.1) is 6.10 Å². The van der Waals surface area contributed by atoms with Gasteiger partial charge in [0.1, 0.15) is 11.5 Å². The molecule has 2 aliphatic heterocycles. The quantitative estimate of drug-likeness (QED) is 0.835. The Labute approximate surface area is 124 Å². The van der Waals surface area contributed by atoms with Crippen LogP contribution >= 0.6 is 0 Å². The Balaban J connectivity index is 1.48. The molecular weight excluding hydrogens is 266 g/mol. The van der Waals surface area contributed by atoms with E-state index in [0.717, 1.165) is 51.2 Å². The minimum absolute atomic E-state index is 0.0586. The summed E-state index contributed by atoms with van der Waals surface area (Å²) >= 11 is 0. The molecule has 0 unspecified atom stereocenters. The fraction of sp³-hybridized carbons (Fsp3) is 0.688. The van der Waals surface area contributed by atoms with E-state index in [1.165, 1.54) is 6.42 Å². The number of ether oxygens (including phenoxy) is 1. The van der Waals surface area contributed by atoms with E-state index in [-0.39, 0.29) is 5.91 Å². The molecule has 0 radical (unpaired) electrons. The minimum atomic E-state index is 0.0586. The van der Waals surface area contributed by atoms with Crippen LogP contribution in [0.25, 0.3) is 0 Å². The van der Waals surface area contributed by atoms with Crippen LogP contribution in [0.4, 0.5) is 0 Å². The smallest absolute Gasteiger partial charge is 0.272 e. The Morgan fingerprint density at radius 1 is 1.29 bits per heavy atom. The predicted octanol–water partition coefficient (Wildman–Crippen LogP) is 2.00. The van der Waals surface area contributed by atoms with Crippen molar-refractivity contribution in [1.29, 1.82) is 0 Å². The summed E-state index contributed by atoms with van der Waals surface area (Å²) in [5.74, 6) is 1.89. The molecule has 112 valence electrons. The van der Waals surface area contributed by atoms with Crippen LogP contribution in [0.5, 0.6) is 0 Å². The number of piperidine rings is 1. The number of likely N-dealkylation sites (tertiary alicyclic amines) is 1. The molecule has 4 rings (SSSR count). The van der Waals surface area contributed by atoms with Gasteiger partial charge < -0.3 is 9.64 Å². The number of rotatable bonds is 2. The van der Waals surface area contributed by atoms with Gasteiger partial charge in [0.2, 0.25) is 0 Å². The first kappa shape index (κ1) is 13.2. The van der Waals surface area contributed by atoms with Crippen molar-refractivity contribution in [3.8, 4) is 0 Å². The molecule has 0 N–H and O–H groups in total. The van der Waals surface area contributed by atoms with Crippen molar-refractivity contribution in [2.45, 2.75) is 44.1 Å². The number of nitrogens with zero attached hydrogens (tertiary/aromatic N) is 3. The average Bonchev–Trinajstić information content (AvgIpc) is 3.39. The van der Waals surface area contributed by atoms with E-state index in [1.807, 2.05) is 4.90 Å². The lowest BCUT2D eigenvalue weighted by Crippen LogP contribution is -2.48. The number of hydrogen-bond donors (Lipinski definition) is 0. The fourth-order valence-electron chi connectivity index (χ4n) is 3.47. The van der Waals surface area contributed by atoms with E-state index in [1.54, 1.807) is 12.3 Å². The molecule has 3 heterocycles. The zero-order chi connectivity index (χ0) is 14.2. The Bertz CT molecular complexity index is 544. The minimum Gasteiger partial charge on any atom is -0.378 e. The van der Waals surface area contributed by atoms with Crippen molar-refractivity contribution in [3.05, 3.63) is 23.8 Å². The molecule has 1 aliphatic carbocycles. The van der Waals surface area contributed by atoms with Crippen molar-refractivity contribution in [1.82, 2.24) is 14.9 Å². The molecule has 0 aromatic carbocycles. The molecule has 0 spiro atoms. The van der Waals surface area contributed by atoms with Gasteiger partial charge in [-0.15, -0.1) is 0 Å². The van der Waals surface area contributed by atoms with E-state index in [4.69, 9.17) is 4.74 Å². The highest BCUT2D eigenvalue weighted by molar-refractivity contribution is 5.92. The summed E-state index contributed by atoms with van der Waals surface area (Å²) in [7, 11) is 0. The molecule has 21 heavy (non-hydrogen) atoms. The van der Waals surface area contributed by atoms with E-state index in [2.05, 4.69) is 9.97 Å². The van der Waals surface area contributed by atoms with Crippen molar-refractivity contribution >= 4 is 5.91 Å². The Morgan fingerprint density at radius 3 is 3.05 bits per heavy atom. The summed E-state index contributed by atoms with van der Waals surface area (Å²) in [6, 6.07) is 1.75. The van der Waals surface area contributed by atoms with Crippen LogP contribution in [0.3, 0.4) is 0 Å². The SMILES string of the molecule is O=C(c1ccnc(C2CC2)n1)N1CC[C@@H]2OCCC[C@H]2C1. The van der Waals surface area contributed by atoms with Gasteiger partial charge in [-0.3, -0.25) is 4.79 Å². The van der Waals surface area contributed by atoms with Gasteiger partial charge in [-0.25, -0.2) is 9.97 Å². The number of amides is 1. The summed E-state index contributed by atoms with van der Waals surface area (Å²) in [4.78, 5) is 23.4. The highest BCUT2D eigenvalue weighted by atomic mass is 16.5. The summed E-state index contributed by atoms with van der Waals surface area (Å²) in [6.45, 7) is 2.47. The molecule has 1 aromatic rings. The van der Waals surface area contributed by atoms with Crippen LogP contribution in [0.2, 0.25) is 0 Å². The normalized spacial score (nSPS) is 29.0. The maximum atomic E-state index is 12.7. The lowest BCUT2D eigenvalue weighted by molar-refractivity contribution is -0.0607. The second-order valence-electron chi connectivity index (χ2n) is 6.43. The molecule has 2 saturated heterocycles. The van der Waals surface area contributed by atoms with Crippen molar-refractivity contribution in [2.24, 2.45) is 5.92 Å². The van der Waals surface area contributed by atoms with Crippen molar-refractivity contribution in [3.63, 3.8) is 0 Å². The summed E-state index contributed by atoms with van der Waals surface area (Å²) in [5, 5.41) is 0. The van der Waals surface area contributed by atoms with Gasteiger partial charge >= 0.3 is 0 Å². The molecule has 1 saturated carbocycles. The number of carbonyl (C=O) groups excluding carboxylic acids is 1. The predicted molar refractivity (Wildman–Crippen MR) is 77.0 cm³/mol. The zero-order valence-electron chi connectivity index (χ0n) is 12.2. The molecule has 0 bridgehead atoms. The van der Waals surface area contributed by atoms with Crippen LogP contribution in [0.1, 0.15) is 54.3 Å². The van der Waals surface area contributed by atoms with Gasteiger partial charge in [0.15, 0.2) is 0 Å². The lowest BCUT2D eigenvalue weighted by atomic mass is 9.88. The highest BCUT2D eigenvalue weighted by Crippen LogP contribution is 2.37. The highest BCUT2D eigenvalue weighted by Gasteiger charge is 2.35. The Hall–Kier alpha value is -1.49. The fourth-order valence-corrected chi connectivity index (χ4v) is 3.47. The number of hydrogen-bond acceptors (Lipinski definition) is 4. The molecule has 3 fully saturated rings. The van der Waals surface area contributed by atoms with Gasteiger partial charge in [-0.1, -0.05) is 0 Å². The van der Waals surface area contributed by atoms with Gasteiger partial charge in [-0.2, -0.15) is 0 Å². The summed E-state index contributed by atoms with van der Waals surface area (Å²) < 4.78 is 5.81. The maximum Gasteiger partial charge on any atom is 0.272 e. The van der Waals surface area contributed by atoms with Crippen LogP contribution < -0.4 is 0 Å². The van der Waals surface area contributed by atoms with Gasteiger partial charge in [-0.05, 0) is 38.2 Å². The van der Waals surface area contributed by atoms with Crippen molar-refractivity contribution < 1.29 is 9.53 Å². The first-order chi connectivity index (χ1) is 10.3. The Morgan fingerprint density at radius 2 is 2.19 bits per heavy atom.